The first-order valence-electron chi connectivity index (χ1n) is 6.19. The highest BCUT2D eigenvalue weighted by atomic mass is 35.5. The third-order valence-corrected chi connectivity index (χ3v) is 3.50. The average molecular weight is 302 g/mol. The molecule has 0 aliphatic rings. The van der Waals surface area contributed by atoms with Crippen LogP contribution in [0.5, 0.6) is 0 Å². The summed E-state index contributed by atoms with van der Waals surface area (Å²) in [4.78, 5) is 4.39. The summed E-state index contributed by atoms with van der Waals surface area (Å²) in [7, 11) is 0. The van der Waals surface area contributed by atoms with Crippen LogP contribution in [0.1, 0.15) is 5.56 Å². The van der Waals surface area contributed by atoms with E-state index in [0.717, 1.165) is 22.0 Å². The number of aromatic amines is 1. The minimum atomic E-state index is 0.531. The molecule has 2 aromatic carbocycles. The highest BCUT2D eigenvalue weighted by Gasteiger charge is 2.05. The van der Waals surface area contributed by atoms with Gasteiger partial charge in [-0.3, -0.25) is 9.78 Å². The molecule has 0 radical (unpaired) electrons. The van der Waals surface area contributed by atoms with Crippen LogP contribution in [0.2, 0.25) is 5.02 Å². The van der Waals surface area contributed by atoms with E-state index in [1.165, 1.54) is 0 Å². The zero-order valence-corrected chi connectivity index (χ0v) is 12.2. The van der Waals surface area contributed by atoms with Crippen molar-refractivity contribution in [3.63, 3.8) is 0 Å². The number of rotatable bonds is 3. The number of benzene rings is 2. The predicted octanol–water partition coefficient (Wildman–Crippen LogP) is 4.31. The first-order valence-corrected chi connectivity index (χ1v) is 6.98. The molecule has 1 aromatic heterocycles. The molecule has 1 N–H and O–H groups in total. The SMILES string of the molecule is S=c1nc(-c2ccccc2)[nH]n1Cc1cccc(Cl)c1. The molecule has 0 aliphatic carbocycles. The minimum absolute atomic E-state index is 0.531. The van der Waals surface area contributed by atoms with Crippen molar-refractivity contribution in [2.45, 2.75) is 6.54 Å². The lowest BCUT2D eigenvalue weighted by Crippen LogP contribution is -2.01. The van der Waals surface area contributed by atoms with E-state index < -0.39 is 0 Å². The van der Waals surface area contributed by atoms with Crippen LogP contribution >= 0.6 is 23.8 Å². The summed E-state index contributed by atoms with van der Waals surface area (Å²) >= 11 is 11.3. The van der Waals surface area contributed by atoms with Crippen LogP contribution in [0, 0.1) is 4.77 Å². The van der Waals surface area contributed by atoms with Gasteiger partial charge in [-0.25, -0.2) is 0 Å². The van der Waals surface area contributed by atoms with Crippen molar-refractivity contribution >= 4 is 23.8 Å². The van der Waals surface area contributed by atoms with E-state index in [2.05, 4.69) is 10.1 Å². The van der Waals surface area contributed by atoms with Gasteiger partial charge in [-0.2, -0.15) is 4.98 Å². The normalized spacial score (nSPS) is 10.7. The fraction of sp³-hybridized carbons (Fsp3) is 0.0667. The number of aromatic nitrogens is 3. The molecular weight excluding hydrogens is 290 g/mol. The molecule has 0 bridgehead atoms. The van der Waals surface area contributed by atoms with E-state index in [4.69, 9.17) is 23.8 Å². The largest absolute Gasteiger partial charge is 0.279 e. The molecule has 1 heterocycles. The number of halogens is 1. The Balaban J connectivity index is 1.92. The molecule has 3 rings (SSSR count). The van der Waals surface area contributed by atoms with Crippen molar-refractivity contribution < 1.29 is 0 Å². The summed E-state index contributed by atoms with van der Waals surface area (Å²) in [6.07, 6.45) is 0. The minimum Gasteiger partial charge on any atom is -0.279 e. The summed E-state index contributed by atoms with van der Waals surface area (Å²) in [6.45, 7) is 0.624. The van der Waals surface area contributed by atoms with Crippen molar-refractivity contribution in [2.75, 3.05) is 0 Å². The third kappa shape index (κ3) is 2.81. The van der Waals surface area contributed by atoms with E-state index in [1.54, 1.807) is 0 Å². The Bertz CT molecular complexity index is 777. The Hall–Kier alpha value is -1.91. The number of nitrogens with one attached hydrogen (secondary N) is 1. The van der Waals surface area contributed by atoms with E-state index in [1.807, 2.05) is 59.3 Å². The lowest BCUT2D eigenvalue weighted by molar-refractivity contribution is 0.677. The number of nitrogens with zero attached hydrogens (tertiary/aromatic N) is 2. The Labute approximate surface area is 126 Å². The second-order valence-corrected chi connectivity index (χ2v) is 5.24. The van der Waals surface area contributed by atoms with Crippen molar-refractivity contribution in [3.05, 3.63) is 70.0 Å². The van der Waals surface area contributed by atoms with Crippen molar-refractivity contribution in [2.24, 2.45) is 0 Å². The van der Waals surface area contributed by atoms with Crippen LogP contribution < -0.4 is 0 Å². The summed E-state index contributed by atoms with van der Waals surface area (Å²) in [5.41, 5.74) is 2.10. The maximum absolute atomic E-state index is 5.99. The molecule has 0 unspecified atom stereocenters. The zero-order chi connectivity index (χ0) is 13.9. The monoisotopic (exact) mass is 301 g/mol. The molecular formula is C15H12ClN3S. The first kappa shape index (κ1) is 13.1. The zero-order valence-electron chi connectivity index (χ0n) is 10.6. The van der Waals surface area contributed by atoms with Gasteiger partial charge in [0.05, 0.1) is 6.54 Å². The molecule has 20 heavy (non-hydrogen) atoms. The number of H-pyrrole nitrogens is 1. The van der Waals surface area contributed by atoms with Gasteiger partial charge in [-0.15, -0.1) is 0 Å². The molecule has 100 valence electrons. The van der Waals surface area contributed by atoms with Crippen molar-refractivity contribution in [1.82, 2.24) is 14.8 Å². The number of hydrogen-bond acceptors (Lipinski definition) is 2. The molecule has 5 heteroatoms. The van der Waals surface area contributed by atoms with Crippen LogP contribution in [0.4, 0.5) is 0 Å². The second kappa shape index (κ2) is 5.61. The molecule has 0 spiro atoms. The van der Waals surface area contributed by atoms with Gasteiger partial charge in [0.15, 0.2) is 5.82 Å². The first-order chi connectivity index (χ1) is 9.72. The van der Waals surface area contributed by atoms with Gasteiger partial charge in [0.25, 0.3) is 0 Å². The molecule has 3 nitrogen and oxygen atoms in total. The highest BCUT2D eigenvalue weighted by Crippen LogP contribution is 2.15. The van der Waals surface area contributed by atoms with Gasteiger partial charge in [0.2, 0.25) is 4.77 Å². The summed E-state index contributed by atoms with van der Waals surface area (Å²) in [6, 6.07) is 17.6. The van der Waals surface area contributed by atoms with E-state index in [-0.39, 0.29) is 0 Å². The van der Waals surface area contributed by atoms with Gasteiger partial charge in [-0.1, -0.05) is 54.1 Å². The van der Waals surface area contributed by atoms with E-state index in [0.29, 0.717) is 11.3 Å². The molecule has 0 saturated carbocycles. The van der Waals surface area contributed by atoms with Crippen LogP contribution in [0.25, 0.3) is 11.4 Å². The van der Waals surface area contributed by atoms with E-state index >= 15 is 0 Å². The maximum Gasteiger partial charge on any atom is 0.216 e. The molecule has 3 aromatic rings. The van der Waals surface area contributed by atoms with Gasteiger partial charge in [0.1, 0.15) is 0 Å². The molecule has 0 saturated heterocycles. The standard InChI is InChI=1S/C15H12ClN3S/c16-13-8-4-5-11(9-13)10-19-15(20)17-14(18-19)12-6-2-1-3-7-12/h1-9H,10H2,(H,17,18,20). The fourth-order valence-electron chi connectivity index (χ4n) is 2.01. The second-order valence-electron chi connectivity index (χ2n) is 4.44. The van der Waals surface area contributed by atoms with Crippen LogP contribution in [0.15, 0.2) is 54.6 Å². The third-order valence-electron chi connectivity index (χ3n) is 2.96. The molecule has 0 atom stereocenters. The van der Waals surface area contributed by atoms with Crippen LogP contribution in [-0.4, -0.2) is 14.8 Å². The highest BCUT2D eigenvalue weighted by molar-refractivity contribution is 7.71. The maximum atomic E-state index is 5.99. The molecule has 0 aliphatic heterocycles. The summed E-state index contributed by atoms with van der Waals surface area (Å²) in [5, 5.41) is 3.94. The number of hydrogen-bond donors (Lipinski definition) is 1. The fourth-order valence-corrected chi connectivity index (χ4v) is 2.42. The van der Waals surface area contributed by atoms with Gasteiger partial charge in [0, 0.05) is 10.6 Å². The smallest absolute Gasteiger partial charge is 0.216 e. The average Bonchev–Trinajstić information content (AvgIpc) is 2.81. The summed E-state index contributed by atoms with van der Waals surface area (Å²) < 4.78 is 2.37. The topological polar surface area (TPSA) is 33.6 Å². The predicted molar refractivity (Wildman–Crippen MR) is 83.4 cm³/mol. The van der Waals surface area contributed by atoms with Crippen molar-refractivity contribution in [3.8, 4) is 11.4 Å². The van der Waals surface area contributed by atoms with Gasteiger partial charge < -0.3 is 0 Å². The lowest BCUT2D eigenvalue weighted by Gasteiger charge is -2.03. The van der Waals surface area contributed by atoms with Crippen LogP contribution in [-0.2, 0) is 6.54 Å². The van der Waals surface area contributed by atoms with Crippen LogP contribution in [0.3, 0.4) is 0 Å². The van der Waals surface area contributed by atoms with E-state index in [9.17, 15) is 0 Å². The summed E-state index contributed by atoms with van der Waals surface area (Å²) in [5.74, 6) is 0.776. The Kier molecular flexibility index (Phi) is 3.67. The molecule has 0 fully saturated rings. The Morgan fingerprint density at radius 2 is 1.90 bits per heavy atom. The van der Waals surface area contributed by atoms with Crippen molar-refractivity contribution in [1.29, 1.82) is 0 Å². The molecule has 0 amide bonds. The Morgan fingerprint density at radius 3 is 2.65 bits per heavy atom. The van der Waals surface area contributed by atoms with Gasteiger partial charge in [-0.05, 0) is 29.9 Å². The Morgan fingerprint density at radius 1 is 1.10 bits per heavy atom. The lowest BCUT2D eigenvalue weighted by atomic mass is 10.2. The van der Waals surface area contributed by atoms with Gasteiger partial charge >= 0.3 is 0 Å². The quantitative estimate of drug-likeness (QED) is 0.731.